The van der Waals surface area contributed by atoms with Gasteiger partial charge in [-0.15, -0.1) is 0 Å². The maximum absolute atomic E-state index is 13.0. The van der Waals surface area contributed by atoms with E-state index in [9.17, 15) is 9.59 Å². The van der Waals surface area contributed by atoms with Gasteiger partial charge in [-0.2, -0.15) is 0 Å². The molecule has 2 aromatic rings. The van der Waals surface area contributed by atoms with Gasteiger partial charge in [0.05, 0.1) is 11.7 Å². The lowest BCUT2D eigenvalue weighted by Crippen LogP contribution is -2.36. The summed E-state index contributed by atoms with van der Waals surface area (Å²) in [6.07, 6.45) is 0. The molecule has 1 N–H and O–H groups in total. The van der Waals surface area contributed by atoms with Crippen LogP contribution in [0.25, 0.3) is 0 Å². The standard InChI is InChI=1S/C21H26N2O4/c1-12-19(15(4)24)13(2)22-20(12)21(25)14(3)23(5)11-16-6-7-17-18(10-16)27-9-8-26-17/h6-7,10,14,22H,8-9,11H2,1-5H3. The minimum absolute atomic E-state index is 0.0249. The van der Waals surface area contributed by atoms with Gasteiger partial charge in [0.1, 0.15) is 13.2 Å². The summed E-state index contributed by atoms with van der Waals surface area (Å²) in [5, 5.41) is 0. The summed E-state index contributed by atoms with van der Waals surface area (Å²) in [6.45, 7) is 8.76. The van der Waals surface area contributed by atoms with Gasteiger partial charge in [0.15, 0.2) is 23.1 Å². The Morgan fingerprint density at radius 1 is 1.19 bits per heavy atom. The SMILES string of the molecule is CC(=O)c1c(C)[nH]c(C(=O)C(C)N(C)Cc2ccc3c(c2)OCCO3)c1C. The van der Waals surface area contributed by atoms with E-state index in [1.807, 2.05) is 50.9 Å². The van der Waals surface area contributed by atoms with E-state index in [-0.39, 0.29) is 17.6 Å². The number of benzene rings is 1. The molecule has 6 nitrogen and oxygen atoms in total. The highest BCUT2D eigenvalue weighted by Gasteiger charge is 2.26. The number of aromatic nitrogens is 1. The number of likely N-dealkylation sites (N-methyl/N-ethyl adjacent to an activating group) is 1. The number of nitrogens with one attached hydrogen (secondary N) is 1. The first kappa shape index (κ1) is 19.2. The molecule has 0 saturated carbocycles. The van der Waals surface area contributed by atoms with Crippen molar-refractivity contribution in [2.24, 2.45) is 0 Å². The van der Waals surface area contributed by atoms with E-state index in [0.717, 1.165) is 28.3 Å². The van der Waals surface area contributed by atoms with Crippen LogP contribution in [0.2, 0.25) is 0 Å². The largest absolute Gasteiger partial charge is 0.486 e. The van der Waals surface area contributed by atoms with E-state index < -0.39 is 0 Å². The van der Waals surface area contributed by atoms with Crippen LogP contribution in [-0.2, 0) is 6.54 Å². The molecule has 2 heterocycles. The highest BCUT2D eigenvalue weighted by molar-refractivity contribution is 6.05. The maximum Gasteiger partial charge on any atom is 0.196 e. The third-order valence-electron chi connectivity index (χ3n) is 5.12. The summed E-state index contributed by atoms with van der Waals surface area (Å²) in [5.41, 5.74) is 3.64. The van der Waals surface area contributed by atoms with Crippen molar-refractivity contribution in [3.05, 3.63) is 46.3 Å². The summed E-state index contributed by atoms with van der Waals surface area (Å²) in [6, 6.07) is 5.51. The summed E-state index contributed by atoms with van der Waals surface area (Å²) < 4.78 is 11.2. The highest BCUT2D eigenvalue weighted by Crippen LogP contribution is 2.31. The Balaban J connectivity index is 1.75. The van der Waals surface area contributed by atoms with Crippen molar-refractivity contribution >= 4 is 11.6 Å². The van der Waals surface area contributed by atoms with Crippen molar-refractivity contribution in [1.82, 2.24) is 9.88 Å². The average Bonchev–Trinajstić information content (AvgIpc) is 2.94. The second-order valence-corrected chi connectivity index (χ2v) is 7.11. The molecular weight excluding hydrogens is 344 g/mol. The number of ketones is 2. The third kappa shape index (κ3) is 3.76. The number of hydrogen-bond acceptors (Lipinski definition) is 5. The van der Waals surface area contributed by atoms with Crippen LogP contribution in [-0.4, -0.2) is 47.8 Å². The van der Waals surface area contributed by atoms with Crippen LogP contribution >= 0.6 is 0 Å². The van der Waals surface area contributed by atoms with Crippen molar-refractivity contribution < 1.29 is 19.1 Å². The average molecular weight is 370 g/mol. The summed E-state index contributed by atoms with van der Waals surface area (Å²) in [4.78, 5) is 29.9. The first-order chi connectivity index (χ1) is 12.8. The lowest BCUT2D eigenvalue weighted by atomic mass is 10.0. The van der Waals surface area contributed by atoms with Gasteiger partial charge in [-0.1, -0.05) is 6.07 Å². The first-order valence-electron chi connectivity index (χ1n) is 9.12. The topological polar surface area (TPSA) is 71.6 Å². The van der Waals surface area contributed by atoms with Crippen LogP contribution < -0.4 is 9.47 Å². The van der Waals surface area contributed by atoms with Crippen molar-refractivity contribution in [1.29, 1.82) is 0 Å². The maximum atomic E-state index is 13.0. The number of aromatic amines is 1. The Morgan fingerprint density at radius 2 is 1.85 bits per heavy atom. The summed E-state index contributed by atoms with van der Waals surface area (Å²) >= 11 is 0. The lowest BCUT2D eigenvalue weighted by Gasteiger charge is -2.25. The number of aryl methyl sites for hydroxylation is 1. The minimum atomic E-state index is -0.338. The van der Waals surface area contributed by atoms with Gasteiger partial charge < -0.3 is 14.5 Å². The van der Waals surface area contributed by atoms with Gasteiger partial charge in [0.2, 0.25) is 0 Å². The fraction of sp³-hybridized carbons (Fsp3) is 0.429. The number of carbonyl (C=O) groups excluding carboxylic acids is 2. The number of hydrogen-bond donors (Lipinski definition) is 1. The predicted molar refractivity (Wildman–Crippen MR) is 103 cm³/mol. The molecule has 0 spiro atoms. The van der Waals surface area contributed by atoms with E-state index in [0.29, 0.717) is 31.0 Å². The molecule has 1 aromatic heterocycles. The van der Waals surface area contributed by atoms with Gasteiger partial charge in [-0.05, 0) is 58.0 Å². The van der Waals surface area contributed by atoms with Crippen LogP contribution in [0.4, 0.5) is 0 Å². The monoisotopic (exact) mass is 370 g/mol. The van der Waals surface area contributed by atoms with Crippen LogP contribution in [0.5, 0.6) is 11.5 Å². The van der Waals surface area contributed by atoms with Gasteiger partial charge in [0, 0.05) is 17.8 Å². The molecular formula is C21H26N2O4. The van der Waals surface area contributed by atoms with Gasteiger partial charge in [0.25, 0.3) is 0 Å². The number of rotatable bonds is 6. The van der Waals surface area contributed by atoms with Crippen LogP contribution in [0.3, 0.4) is 0 Å². The van der Waals surface area contributed by atoms with E-state index in [1.54, 1.807) is 0 Å². The zero-order valence-corrected chi connectivity index (χ0v) is 16.5. The Hall–Kier alpha value is -2.60. The van der Waals surface area contributed by atoms with Gasteiger partial charge >= 0.3 is 0 Å². The fourth-order valence-electron chi connectivity index (χ4n) is 3.54. The van der Waals surface area contributed by atoms with Crippen molar-refractivity contribution in [3.63, 3.8) is 0 Å². The molecule has 1 aliphatic rings. The number of fused-ring (bicyclic) bond motifs is 1. The second kappa shape index (κ2) is 7.56. The molecule has 144 valence electrons. The zero-order chi connectivity index (χ0) is 19.7. The molecule has 1 aromatic carbocycles. The molecule has 3 rings (SSSR count). The molecule has 6 heteroatoms. The van der Waals surface area contributed by atoms with Crippen LogP contribution in [0.15, 0.2) is 18.2 Å². The second-order valence-electron chi connectivity index (χ2n) is 7.11. The molecule has 0 aliphatic carbocycles. The van der Waals surface area contributed by atoms with E-state index >= 15 is 0 Å². The fourth-order valence-corrected chi connectivity index (χ4v) is 3.54. The normalized spacial score (nSPS) is 14.3. The van der Waals surface area contributed by atoms with E-state index in [1.165, 1.54) is 6.92 Å². The van der Waals surface area contributed by atoms with Crippen LogP contribution in [0, 0.1) is 13.8 Å². The number of carbonyl (C=O) groups is 2. The Kier molecular flexibility index (Phi) is 5.37. The highest BCUT2D eigenvalue weighted by atomic mass is 16.6. The molecule has 1 aliphatic heterocycles. The van der Waals surface area contributed by atoms with Crippen LogP contribution in [0.1, 0.15) is 51.5 Å². The van der Waals surface area contributed by atoms with Gasteiger partial charge in [-0.25, -0.2) is 0 Å². The minimum Gasteiger partial charge on any atom is -0.486 e. The molecule has 1 unspecified atom stereocenters. The molecule has 0 saturated heterocycles. The number of nitrogens with zero attached hydrogens (tertiary/aromatic N) is 1. The van der Waals surface area contributed by atoms with Crippen molar-refractivity contribution in [2.75, 3.05) is 20.3 Å². The third-order valence-corrected chi connectivity index (χ3v) is 5.12. The smallest absolute Gasteiger partial charge is 0.196 e. The molecule has 1 atom stereocenters. The number of Topliss-reactive ketones (excluding diaryl/α,β-unsaturated/α-hetero) is 2. The van der Waals surface area contributed by atoms with E-state index in [2.05, 4.69) is 4.98 Å². The summed E-state index contributed by atoms with van der Waals surface area (Å²) in [5.74, 6) is 1.44. The van der Waals surface area contributed by atoms with E-state index in [4.69, 9.17) is 9.47 Å². The molecule has 0 radical (unpaired) electrons. The summed E-state index contributed by atoms with van der Waals surface area (Å²) in [7, 11) is 1.91. The van der Waals surface area contributed by atoms with Crippen molar-refractivity contribution in [3.8, 4) is 11.5 Å². The molecule has 0 bridgehead atoms. The quantitative estimate of drug-likeness (QED) is 0.790. The first-order valence-corrected chi connectivity index (χ1v) is 9.12. The zero-order valence-electron chi connectivity index (χ0n) is 16.5. The molecule has 0 amide bonds. The lowest BCUT2D eigenvalue weighted by molar-refractivity contribution is 0.0856. The molecule has 0 fully saturated rings. The Labute approximate surface area is 159 Å². The van der Waals surface area contributed by atoms with Gasteiger partial charge in [-0.3, -0.25) is 14.5 Å². The Morgan fingerprint density at radius 3 is 2.48 bits per heavy atom. The Bertz CT molecular complexity index is 885. The molecule has 27 heavy (non-hydrogen) atoms. The predicted octanol–water partition coefficient (Wildman–Crippen LogP) is 3.31. The van der Waals surface area contributed by atoms with Crippen molar-refractivity contribution in [2.45, 2.75) is 40.3 Å². The number of ether oxygens (including phenoxy) is 2. The number of H-pyrrole nitrogens is 1.